The Labute approximate surface area is 110 Å². The van der Waals surface area contributed by atoms with E-state index in [1.54, 1.807) is 13.0 Å². The second-order valence-electron chi connectivity index (χ2n) is 4.10. The van der Waals surface area contributed by atoms with E-state index >= 15 is 0 Å². The molecule has 2 aromatic rings. The summed E-state index contributed by atoms with van der Waals surface area (Å²) in [5.41, 5.74) is 0.496. The maximum Gasteiger partial charge on any atom is 0.253 e. The summed E-state index contributed by atoms with van der Waals surface area (Å²) in [6.07, 6.45) is -0.0728. The van der Waals surface area contributed by atoms with Crippen molar-refractivity contribution in [3.63, 3.8) is 0 Å². The van der Waals surface area contributed by atoms with Gasteiger partial charge in [0.1, 0.15) is 0 Å². The van der Waals surface area contributed by atoms with Crippen LogP contribution in [0, 0.1) is 5.82 Å². The lowest BCUT2D eigenvalue weighted by Crippen LogP contribution is -1.99. The van der Waals surface area contributed by atoms with E-state index in [-0.39, 0.29) is 12.4 Å². The van der Waals surface area contributed by atoms with Gasteiger partial charge >= 0.3 is 0 Å². The standard InChI is InChI=1S/C13H15FN2O3/c1-3-12-15-16-13(19-12)7-18-11-5-4-9(8(2)17)6-10(11)14/h4-6,8,17H,3,7H2,1-2H3. The van der Waals surface area contributed by atoms with E-state index in [9.17, 15) is 9.50 Å². The quantitative estimate of drug-likeness (QED) is 0.900. The molecule has 0 amide bonds. The zero-order chi connectivity index (χ0) is 13.8. The third kappa shape index (κ3) is 3.29. The lowest BCUT2D eigenvalue weighted by Gasteiger charge is -2.08. The normalized spacial score (nSPS) is 12.4. The van der Waals surface area contributed by atoms with Crippen LogP contribution in [0.4, 0.5) is 4.39 Å². The fraction of sp³-hybridized carbons (Fsp3) is 0.385. The predicted octanol–water partition coefficient (Wildman–Crippen LogP) is 2.40. The lowest BCUT2D eigenvalue weighted by atomic mass is 10.1. The van der Waals surface area contributed by atoms with Crippen molar-refractivity contribution in [2.75, 3.05) is 0 Å². The summed E-state index contributed by atoms with van der Waals surface area (Å²) in [7, 11) is 0. The van der Waals surface area contributed by atoms with E-state index < -0.39 is 11.9 Å². The Morgan fingerprint density at radius 2 is 2.11 bits per heavy atom. The maximum atomic E-state index is 13.7. The first-order chi connectivity index (χ1) is 9.10. The second kappa shape index (κ2) is 5.79. The van der Waals surface area contributed by atoms with Gasteiger partial charge < -0.3 is 14.3 Å². The van der Waals surface area contributed by atoms with Crippen LogP contribution in [-0.4, -0.2) is 15.3 Å². The number of ether oxygens (including phenoxy) is 1. The van der Waals surface area contributed by atoms with Crippen LogP contribution in [-0.2, 0) is 13.0 Å². The van der Waals surface area contributed by atoms with Gasteiger partial charge in [-0.25, -0.2) is 4.39 Å². The molecule has 0 radical (unpaired) electrons. The van der Waals surface area contributed by atoms with Crippen molar-refractivity contribution < 1.29 is 18.7 Å². The maximum absolute atomic E-state index is 13.7. The number of halogens is 1. The molecule has 19 heavy (non-hydrogen) atoms. The molecule has 0 aliphatic rings. The average Bonchev–Trinajstić information content (AvgIpc) is 2.85. The molecule has 1 aromatic heterocycles. The van der Waals surface area contributed by atoms with Crippen molar-refractivity contribution in [2.24, 2.45) is 0 Å². The number of rotatable bonds is 5. The Balaban J connectivity index is 2.03. The zero-order valence-electron chi connectivity index (χ0n) is 10.8. The second-order valence-corrected chi connectivity index (χ2v) is 4.10. The van der Waals surface area contributed by atoms with E-state index in [0.717, 1.165) is 0 Å². The minimum absolute atomic E-state index is 0.0119. The smallest absolute Gasteiger partial charge is 0.253 e. The Hall–Kier alpha value is -1.95. The highest BCUT2D eigenvalue weighted by Crippen LogP contribution is 2.22. The molecular formula is C13H15FN2O3. The van der Waals surface area contributed by atoms with Crippen molar-refractivity contribution in [3.05, 3.63) is 41.4 Å². The van der Waals surface area contributed by atoms with Gasteiger partial charge in [-0.3, -0.25) is 0 Å². The molecule has 0 saturated carbocycles. The Bertz CT molecular complexity index is 555. The lowest BCUT2D eigenvalue weighted by molar-refractivity contribution is 0.198. The molecular weight excluding hydrogens is 251 g/mol. The first kappa shape index (κ1) is 13.5. The fourth-order valence-corrected chi connectivity index (χ4v) is 1.52. The SMILES string of the molecule is CCc1nnc(COc2ccc(C(C)O)cc2F)o1. The summed E-state index contributed by atoms with van der Waals surface area (Å²) in [6.45, 7) is 3.48. The van der Waals surface area contributed by atoms with Crippen LogP contribution in [0.15, 0.2) is 22.6 Å². The van der Waals surface area contributed by atoms with Crippen molar-refractivity contribution in [1.29, 1.82) is 0 Å². The van der Waals surface area contributed by atoms with E-state index in [1.165, 1.54) is 12.1 Å². The molecule has 0 fully saturated rings. The van der Waals surface area contributed by atoms with E-state index in [2.05, 4.69) is 10.2 Å². The van der Waals surface area contributed by atoms with Gasteiger partial charge in [-0.1, -0.05) is 13.0 Å². The van der Waals surface area contributed by atoms with Gasteiger partial charge in [-0.05, 0) is 24.6 Å². The van der Waals surface area contributed by atoms with Crippen LogP contribution in [0.3, 0.4) is 0 Å². The van der Waals surface area contributed by atoms with Crippen molar-refractivity contribution >= 4 is 0 Å². The van der Waals surface area contributed by atoms with Gasteiger partial charge in [0.2, 0.25) is 5.89 Å². The van der Waals surface area contributed by atoms with Crippen molar-refractivity contribution in [1.82, 2.24) is 10.2 Å². The van der Waals surface area contributed by atoms with Gasteiger partial charge in [-0.15, -0.1) is 10.2 Å². The number of nitrogens with zero attached hydrogens (tertiary/aromatic N) is 2. The fourth-order valence-electron chi connectivity index (χ4n) is 1.52. The molecule has 0 bridgehead atoms. The predicted molar refractivity (Wildman–Crippen MR) is 65.0 cm³/mol. The van der Waals surface area contributed by atoms with E-state index in [0.29, 0.717) is 23.8 Å². The van der Waals surface area contributed by atoms with Crippen LogP contribution in [0.2, 0.25) is 0 Å². The van der Waals surface area contributed by atoms with Gasteiger partial charge in [0.05, 0.1) is 6.10 Å². The number of hydrogen-bond acceptors (Lipinski definition) is 5. The molecule has 6 heteroatoms. The molecule has 1 heterocycles. The number of benzene rings is 1. The van der Waals surface area contributed by atoms with Gasteiger partial charge in [0.15, 0.2) is 18.2 Å². The summed E-state index contributed by atoms with van der Waals surface area (Å²) >= 11 is 0. The minimum atomic E-state index is -0.716. The molecule has 2 rings (SSSR count). The largest absolute Gasteiger partial charge is 0.481 e. The van der Waals surface area contributed by atoms with Crippen molar-refractivity contribution in [2.45, 2.75) is 33.0 Å². The average molecular weight is 266 g/mol. The topological polar surface area (TPSA) is 68.4 Å². The van der Waals surface area contributed by atoms with Gasteiger partial charge in [0.25, 0.3) is 5.89 Å². The molecule has 1 unspecified atom stereocenters. The number of hydrogen-bond donors (Lipinski definition) is 1. The van der Waals surface area contributed by atoms with E-state index in [4.69, 9.17) is 9.15 Å². The summed E-state index contributed by atoms with van der Waals surface area (Å²) in [5, 5.41) is 16.9. The molecule has 1 atom stereocenters. The highest BCUT2D eigenvalue weighted by Gasteiger charge is 2.10. The van der Waals surface area contributed by atoms with Crippen LogP contribution in [0.25, 0.3) is 0 Å². The number of aliphatic hydroxyl groups excluding tert-OH is 1. The molecule has 0 aliphatic heterocycles. The van der Waals surface area contributed by atoms with Gasteiger partial charge in [0, 0.05) is 6.42 Å². The van der Waals surface area contributed by atoms with Crippen LogP contribution < -0.4 is 4.74 Å². The van der Waals surface area contributed by atoms with Crippen molar-refractivity contribution in [3.8, 4) is 5.75 Å². The van der Waals surface area contributed by atoms with Crippen LogP contribution in [0.1, 0.15) is 37.3 Å². The first-order valence-electron chi connectivity index (χ1n) is 6.01. The number of aryl methyl sites for hydroxylation is 1. The zero-order valence-corrected chi connectivity index (χ0v) is 10.8. The Morgan fingerprint density at radius 1 is 1.37 bits per heavy atom. The molecule has 1 aromatic carbocycles. The third-order valence-electron chi connectivity index (χ3n) is 2.60. The molecule has 1 N–H and O–H groups in total. The highest BCUT2D eigenvalue weighted by atomic mass is 19.1. The van der Waals surface area contributed by atoms with Crippen LogP contribution >= 0.6 is 0 Å². The van der Waals surface area contributed by atoms with Gasteiger partial charge in [-0.2, -0.15) is 0 Å². The molecule has 102 valence electrons. The Morgan fingerprint density at radius 3 is 2.68 bits per heavy atom. The minimum Gasteiger partial charge on any atom is -0.481 e. The molecule has 0 spiro atoms. The summed E-state index contributed by atoms with van der Waals surface area (Å²) in [4.78, 5) is 0. The van der Waals surface area contributed by atoms with Crippen LogP contribution in [0.5, 0.6) is 5.75 Å². The first-order valence-corrected chi connectivity index (χ1v) is 6.01. The number of aliphatic hydroxyl groups is 1. The highest BCUT2D eigenvalue weighted by molar-refractivity contribution is 5.30. The molecule has 0 aliphatic carbocycles. The number of aromatic nitrogens is 2. The monoisotopic (exact) mass is 266 g/mol. The molecule has 0 saturated heterocycles. The Kier molecular flexibility index (Phi) is 4.11. The van der Waals surface area contributed by atoms with E-state index in [1.807, 2.05) is 6.92 Å². The summed E-state index contributed by atoms with van der Waals surface area (Å²) in [6, 6.07) is 4.31. The summed E-state index contributed by atoms with van der Waals surface area (Å²) in [5.74, 6) is 0.369. The molecule has 5 nitrogen and oxygen atoms in total. The third-order valence-corrected chi connectivity index (χ3v) is 2.60. The summed E-state index contributed by atoms with van der Waals surface area (Å²) < 4.78 is 24.2.